The Morgan fingerprint density at radius 2 is 1.65 bits per heavy atom. The molecule has 3 aromatic rings. The summed E-state index contributed by atoms with van der Waals surface area (Å²) >= 11 is 0. The molecule has 1 saturated carbocycles. The van der Waals surface area contributed by atoms with Crippen LogP contribution in [0.1, 0.15) is 21.3 Å². The minimum absolute atomic E-state index is 0. The van der Waals surface area contributed by atoms with Gasteiger partial charge in [-0.05, 0) is 73.0 Å². The van der Waals surface area contributed by atoms with Crippen LogP contribution >= 0.6 is 0 Å². The van der Waals surface area contributed by atoms with Crippen LogP contribution < -0.4 is 10.0 Å². The summed E-state index contributed by atoms with van der Waals surface area (Å²) in [7, 11) is -2.17. The number of halogens is 2. The van der Waals surface area contributed by atoms with Crippen molar-refractivity contribution >= 4 is 21.6 Å². The summed E-state index contributed by atoms with van der Waals surface area (Å²) in [6, 6.07) is 17.1. The van der Waals surface area contributed by atoms with E-state index in [4.69, 9.17) is 0 Å². The minimum atomic E-state index is -3.52. The molecule has 2 N–H and O–H groups in total. The number of carbonyl (C=O) groups is 1. The highest BCUT2D eigenvalue weighted by molar-refractivity contribution is 7.89. The molecule has 0 radical (unpaired) electrons. The quantitative estimate of drug-likeness (QED) is 0.576. The molecular formula is C23H24F2N2O3S. The van der Waals surface area contributed by atoms with Crippen molar-refractivity contribution in [3.8, 4) is 11.1 Å². The zero-order valence-electron chi connectivity index (χ0n) is 16.7. The Hall–Kier alpha value is -3.10. The maximum Gasteiger partial charge on any atom is 0.240 e. The number of anilines is 1. The average molecular weight is 447 g/mol. The number of amides is 1. The summed E-state index contributed by atoms with van der Waals surface area (Å²) in [5.74, 6) is -2.19. The Balaban J connectivity index is 0.00000193. The average Bonchev–Trinajstić information content (AvgIpc) is 3.58. The lowest BCUT2D eigenvalue weighted by molar-refractivity contribution is -0.118. The molecule has 164 valence electrons. The first-order valence-corrected chi connectivity index (χ1v) is 11.1. The molecule has 0 aliphatic heterocycles. The monoisotopic (exact) mass is 446 g/mol. The fourth-order valence-electron chi connectivity index (χ4n) is 3.54. The zero-order valence-corrected chi connectivity index (χ0v) is 17.5. The maximum atomic E-state index is 13.6. The van der Waals surface area contributed by atoms with E-state index in [1.807, 2.05) is 6.07 Å². The first kappa shape index (κ1) is 21.1. The summed E-state index contributed by atoms with van der Waals surface area (Å²) in [4.78, 5) is 13.1. The van der Waals surface area contributed by atoms with Crippen molar-refractivity contribution in [3.63, 3.8) is 0 Å². The molecule has 0 unspecified atom stereocenters. The Bertz CT molecular complexity index is 1260. The summed E-state index contributed by atoms with van der Waals surface area (Å²) in [6.07, 6.45) is 1.12. The Morgan fingerprint density at radius 1 is 0.935 bits per heavy atom. The fourth-order valence-corrected chi connectivity index (χ4v) is 4.27. The highest BCUT2D eigenvalue weighted by atomic mass is 32.2. The molecule has 5 nitrogen and oxygen atoms in total. The minimum Gasteiger partial charge on any atom is -0.325 e. The molecule has 8 heteroatoms. The third-order valence-electron chi connectivity index (χ3n) is 5.54. The van der Waals surface area contributed by atoms with Gasteiger partial charge in [0.1, 0.15) is 0 Å². The fraction of sp³-hybridized carbons (Fsp3) is 0.174. The van der Waals surface area contributed by atoms with E-state index in [0.717, 1.165) is 23.3 Å². The van der Waals surface area contributed by atoms with E-state index in [-0.39, 0.29) is 13.7 Å². The number of benzene rings is 3. The van der Waals surface area contributed by atoms with Gasteiger partial charge in [0.05, 0.1) is 10.3 Å². The van der Waals surface area contributed by atoms with Gasteiger partial charge in [-0.2, -0.15) is 0 Å². The van der Waals surface area contributed by atoms with Crippen molar-refractivity contribution in [1.82, 2.24) is 4.72 Å². The lowest BCUT2D eigenvalue weighted by Crippen LogP contribution is -2.28. The molecule has 1 aliphatic carbocycles. The van der Waals surface area contributed by atoms with Crippen LogP contribution in [0.3, 0.4) is 0 Å². The number of rotatable bonds is 6. The highest BCUT2D eigenvalue weighted by Crippen LogP contribution is 2.49. The third kappa shape index (κ3) is 4.08. The van der Waals surface area contributed by atoms with Gasteiger partial charge in [-0.3, -0.25) is 4.79 Å². The van der Waals surface area contributed by atoms with E-state index in [2.05, 4.69) is 10.0 Å². The molecule has 0 atom stereocenters. The van der Waals surface area contributed by atoms with Crippen LogP contribution in [0.25, 0.3) is 11.1 Å². The van der Waals surface area contributed by atoms with Crippen LogP contribution in [0, 0.1) is 11.6 Å². The van der Waals surface area contributed by atoms with Crippen molar-refractivity contribution in [1.29, 1.82) is 0 Å². The normalized spacial score (nSPS) is 14.8. The molecule has 0 saturated heterocycles. The molecule has 31 heavy (non-hydrogen) atoms. The van der Waals surface area contributed by atoms with Gasteiger partial charge in [0, 0.05) is 8.54 Å². The lowest BCUT2D eigenvalue weighted by Gasteiger charge is -2.16. The van der Waals surface area contributed by atoms with E-state index in [1.165, 1.54) is 25.2 Å². The van der Waals surface area contributed by atoms with Crippen molar-refractivity contribution in [2.45, 2.75) is 23.2 Å². The molecular weight excluding hydrogens is 422 g/mol. The van der Waals surface area contributed by atoms with Crippen LogP contribution in [0.5, 0.6) is 0 Å². The molecule has 0 heterocycles. The van der Waals surface area contributed by atoms with Crippen LogP contribution in [0.15, 0.2) is 71.6 Å². The molecule has 0 aromatic heterocycles. The van der Waals surface area contributed by atoms with Gasteiger partial charge >= 0.3 is 0 Å². The van der Waals surface area contributed by atoms with E-state index in [1.54, 1.807) is 30.3 Å². The zero-order chi connectivity index (χ0) is 22.2. The maximum absolute atomic E-state index is 13.6. The van der Waals surface area contributed by atoms with Gasteiger partial charge in [0.15, 0.2) is 11.6 Å². The number of hydrogen-bond acceptors (Lipinski definition) is 3. The van der Waals surface area contributed by atoms with Crippen molar-refractivity contribution in [2.24, 2.45) is 0 Å². The van der Waals surface area contributed by atoms with Gasteiger partial charge in [0.2, 0.25) is 15.9 Å². The van der Waals surface area contributed by atoms with E-state index in [9.17, 15) is 22.0 Å². The van der Waals surface area contributed by atoms with Crippen molar-refractivity contribution in [3.05, 3.63) is 83.9 Å². The molecule has 1 fully saturated rings. The van der Waals surface area contributed by atoms with E-state index >= 15 is 0 Å². The number of carbonyl (C=O) groups excluding carboxylic acids is 1. The number of nitrogens with one attached hydrogen (secondary N) is 2. The van der Waals surface area contributed by atoms with Crippen molar-refractivity contribution < 1.29 is 24.8 Å². The van der Waals surface area contributed by atoms with Crippen LogP contribution in [0.4, 0.5) is 14.5 Å². The van der Waals surface area contributed by atoms with Gasteiger partial charge in [-0.25, -0.2) is 21.9 Å². The highest BCUT2D eigenvalue weighted by Gasteiger charge is 2.51. The Morgan fingerprint density at radius 3 is 2.26 bits per heavy atom. The standard InChI is InChI=1S/C23H20F2N2O3S.2H2/c1-26-31(29,30)19-8-5-15(6-9-19)16-3-2-4-18(13-16)27-22(28)23(11-12-23)17-7-10-20(24)21(25)14-17;;/h2-10,13-14,26H,11-12H2,1H3,(H,27,28);2*1H. The molecule has 3 aromatic carbocycles. The van der Waals surface area contributed by atoms with Crippen LogP contribution in [-0.4, -0.2) is 21.4 Å². The summed E-state index contributed by atoms with van der Waals surface area (Å²) in [5.41, 5.74) is 1.75. The molecule has 0 spiro atoms. The smallest absolute Gasteiger partial charge is 0.240 e. The SMILES string of the molecule is CNS(=O)(=O)c1ccc(-c2cccc(NC(=O)C3(c4ccc(F)c(F)c4)CC3)c2)cc1.[HH].[HH]. The van der Waals surface area contributed by atoms with Crippen LogP contribution in [-0.2, 0) is 20.2 Å². The topological polar surface area (TPSA) is 75.3 Å². The number of sulfonamides is 1. The molecule has 1 aliphatic rings. The van der Waals surface area contributed by atoms with Crippen molar-refractivity contribution in [2.75, 3.05) is 12.4 Å². The van der Waals surface area contributed by atoms with Gasteiger partial charge in [0.25, 0.3) is 0 Å². The number of hydrogen-bond donors (Lipinski definition) is 2. The summed E-state index contributed by atoms with van der Waals surface area (Å²) in [6.45, 7) is 0. The van der Waals surface area contributed by atoms with Crippen LogP contribution in [0.2, 0.25) is 0 Å². The van der Waals surface area contributed by atoms with E-state index in [0.29, 0.717) is 24.1 Å². The Labute approximate surface area is 182 Å². The molecule has 1 amide bonds. The predicted octanol–water partition coefficient (Wildman–Crippen LogP) is 4.70. The second-order valence-electron chi connectivity index (χ2n) is 7.48. The summed E-state index contributed by atoms with van der Waals surface area (Å²) in [5, 5.41) is 2.87. The Kier molecular flexibility index (Phi) is 5.36. The summed E-state index contributed by atoms with van der Waals surface area (Å²) < 4.78 is 52.9. The predicted molar refractivity (Wildman–Crippen MR) is 118 cm³/mol. The van der Waals surface area contributed by atoms with Gasteiger partial charge in [-0.1, -0.05) is 30.3 Å². The van der Waals surface area contributed by atoms with Gasteiger partial charge in [-0.15, -0.1) is 0 Å². The molecule has 4 rings (SSSR count). The first-order valence-electron chi connectivity index (χ1n) is 9.66. The largest absolute Gasteiger partial charge is 0.325 e. The lowest BCUT2D eigenvalue weighted by atomic mass is 9.94. The molecule has 0 bridgehead atoms. The first-order chi connectivity index (χ1) is 14.7. The van der Waals surface area contributed by atoms with Gasteiger partial charge < -0.3 is 5.32 Å². The van der Waals surface area contributed by atoms with E-state index < -0.39 is 27.1 Å². The second-order valence-corrected chi connectivity index (χ2v) is 9.36. The third-order valence-corrected chi connectivity index (χ3v) is 6.97. The second kappa shape index (κ2) is 7.86.